The summed E-state index contributed by atoms with van der Waals surface area (Å²) in [4.78, 5) is 41.6. The number of hydrogen-bond donors (Lipinski definition) is 1. The van der Waals surface area contributed by atoms with E-state index in [4.69, 9.17) is 14.2 Å². The maximum absolute atomic E-state index is 12.6. The number of nitrogens with one attached hydrogen (secondary N) is 1. The Bertz CT molecular complexity index is 1230. The maximum atomic E-state index is 12.6. The van der Waals surface area contributed by atoms with Gasteiger partial charge in [-0.15, -0.1) is 0 Å². The highest BCUT2D eigenvalue weighted by molar-refractivity contribution is 5.98. The number of amides is 1. The molecule has 3 aromatic rings. The van der Waals surface area contributed by atoms with E-state index in [1.807, 2.05) is 6.92 Å². The second kappa shape index (κ2) is 9.51. The number of esters is 1. The van der Waals surface area contributed by atoms with E-state index >= 15 is 0 Å². The van der Waals surface area contributed by atoms with Crippen LogP contribution in [0.1, 0.15) is 29.9 Å². The van der Waals surface area contributed by atoms with Crippen LogP contribution in [0, 0.1) is 6.92 Å². The van der Waals surface area contributed by atoms with Crippen LogP contribution in [0.15, 0.2) is 41.2 Å². The smallest absolute Gasteiger partial charge is 0.338 e. The quantitative estimate of drug-likeness (QED) is 0.564. The molecule has 1 amide bonds. The minimum atomic E-state index is -1.05. The molecule has 2 aromatic carbocycles. The lowest BCUT2D eigenvalue weighted by atomic mass is 10.2. The van der Waals surface area contributed by atoms with E-state index in [0.717, 1.165) is 0 Å². The molecule has 0 bridgehead atoms. The number of carbonyl (C=O) groups excluding carboxylic acids is 2. The molecule has 0 saturated carbocycles. The number of anilines is 1. The van der Waals surface area contributed by atoms with Crippen molar-refractivity contribution in [1.29, 1.82) is 0 Å². The van der Waals surface area contributed by atoms with Crippen molar-refractivity contribution in [1.82, 2.24) is 9.55 Å². The Labute approximate surface area is 184 Å². The Kier molecular flexibility index (Phi) is 6.77. The molecule has 0 aliphatic carbocycles. The van der Waals surface area contributed by atoms with Crippen molar-refractivity contribution in [2.75, 3.05) is 19.5 Å². The molecule has 0 fully saturated rings. The summed E-state index contributed by atoms with van der Waals surface area (Å²) in [6, 6.07) is 9.67. The minimum Gasteiger partial charge on any atom is -0.493 e. The van der Waals surface area contributed by atoms with Crippen LogP contribution in [0.3, 0.4) is 0 Å². The average Bonchev–Trinajstić information content (AvgIpc) is 2.79. The van der Waals surface area contributed by atoms with Crippen LogP contribution in [-0.2, 0) is 16.1 Å². The van der Waals surface area contributed by atoms with E-state index in [-0.39, 0.29) is 11.1 Å². The first-order valence-electron chi connectivity index (χ1n) is 10.0. The van der Waals surface area contributed by atoms with Crippen LogP contribution in [0.2, 0.25) is 0 Å². The standard InChI is InChI=1S/C23H25N3O6/c1-6-26-18-9-7-15(11-17(18)24-13(2)22(26)28)23(29)32-14(3)21(27)25-16-8-10-19(30-4)20(12-16)31-5/h7-12,14H,6H2,1-5H3,(H,25,27). The van der Waals surface area contributed by atoms with E-state index in [1.165, 1.54) is 21.1 Å². The molecule has 0 saturated heterocycles. The first-order chi connectivity index (χ1) is 15.3. The average molecular weight is 439 g/mol. The van der Waals surface area contributed by atoms with E-state index < -0.39 is 18.0 Å². The second-order valence-electron chi connectivity index (χ2n) is 7.06. The van der Waals surface area contributed by atoms with Gasteiger partial charge < -0.3 is 24.1 Å². The van der Waals surface area contributed by atoms with Crippen LogP contribution in [-0.4, -0.2) is 41.8 Å². The van der Waals surface area contributed by atoms with Crippen molar-refractivity contribution >= 4 is 28.6 Å². The van der Waals surface area contributed by atoms with Crippen molar-refractivity contribution in [2.45, 2.75) is 33.4 Å². The van der Waals surface area contributed by atoms with Crippen LogP contribution in [0.5, 0.6) is 11.5 Å². The molecule has 0 aliphatic heterocycles. The lowest BCUT2D eigenvalue weighted by molar-refractivity contribution is -0.123. The number of hydrogen-bond acceptors (Lipinski definition) is 7. The molecule has 0 spiro atoms. The van der Waals surface area contributed by atoms with Gasteiger partial charge in [0, 0.05) is 18.3 Å². The summed E-state index contributed by atoms with van der Waals surface area (Å²) < 4.78 is 17.3. The zero-order valence-corrected chi connectivity index (χ0v) is 18.6. The number of aryl methyl sites for hydroxylation is 2. The summed E-state index contributed by atoms with van der Waals surface area (Å²) in [5, 5.41) is 2.68. The molecule has 1 N–H and O–H groups in total. The van der Waals surface area contributed by atoms with Gasteiger partial charge in [0.25, 0.3) is 11.5 Å². The summed E-state index contributed by atoms with van der Waals surface area (Å²) in [5.74, 6) is -0.186. The molecule has 1 atom stereocenters. The lowest BCUT2D eigenvalue weighted by Crippen LogP contribution is -2.30. The fourth-order valence-electron chi connectivity index (χ4n) is 3.26. The number of carbonyl (C=O) groups is 2. The molecule has 32 heavy (non-hydrogen) atoms. The third-order valence-electron chi connectivity index (χ3n) is 4.97. The number of aromatic nitrogens is 2. The van der Waals surface area contributed by atoms with Gasteiger partial charge in [-0.05, 0) is 51.1 Å². The topological polar surface area (TPSA) is 109 Å². The van der Waals surface area contributed by atoms with Gasteiger partial charge in [0.15, 0.2) is 17.6 Å². The fraction of sp³-hybridized carbons (Fsp3) is 0.304. The number of benzene rings is 2. The zero-order chi connectivity index (χ0) is 23.4. The molecule has 0 aliphatic rings. The van der Waals surface area contributed by atoms with Crippen LogP contribution in [0.25, 0.3) is 11.0 Å². The number of methoxy groups -OCH3 is 2. The maximum Gasteiger partial charge on any atom is 0.338 e. The lowest BCUT2D eigenvalue weighted by Gasteiger charge is -2.15. The highest BCUT2D eigenvalue weighted by Crippen LogP contribution is 2.29. The summed E-state index contributed by atoms with van der Waals surface area (Å²) in [6.45, 7) is 5.45. The highest BCUT2D eigenvalue weighted by Gasteiger charge is 2.20. The van der Waals surface area contributed by atoms with E-state index in [2.05, 4.69) is 10.3 Å². The number of nitrogens with zero attached hydrogens (tertiary/aromatic N) is 2. The Hall–Kier alpha value is -3.88. The molecule has 9 heteroatoms. The zero-order valence-electron chi connectivity index (χ0n) is 18.6. The molecular weight excluding hydrogens is 414 g/mol. The van der Waals surface area contributed by atoms with Gasteiger partial charge in [-0.3, -0.25) is 9.59 Å². The largest absolute Gasteiger partial charge is 0.493 e. The Morgan fingerprint density at radius 1 is 1.09 bits per heavy atom. The van der Waals surface area contributed by atoms with Gasteiger partial charge in [-0.1, -0.05) is 0 Å². The Morgan fingerprint density at radius 3 is 2.47 bits per heavy atom. The third kappa shape index (κ3) is 4.56. The molecule has 1 heterocycles. The number of fused-ring (bicyclic) bond motifs is 1. The summed E-state index contributed by atoms with van der Waals surface area (Å²) in [5.41, 5.74) is 2.00. The Morgan fingerprint density at radius 2 is 1.81 bits per heavy atom. The molecule has 168 valence electrons. The molecule has 1 unspecified atom stereocenters. The predicted octanol–water partition coefficient (Wildman–Crippen LogP) is 2.93. The van der Waals surface area contributed by atoms with Crippen LogP contribution >= 0.6 is 0 Å². The summed E-state index contributed by atoms with van der Waals surface area (Å²) >= 11 is 0. The first-order valence-corrected chi connectivity index (χ1v) is 10.0. The van der Waals surface area contributed by atoms with Gasteiger partial charge >= 0.3 is 5.97 Å². The van der Waals surface area contributed by atoms with E-state index in [1.54, 1.807) is 47.9 Å². The SMILES string of the molecule is CCn1c(=O)c(C)nc2cc(C(=O)OC(C)C(=O)Nc3ccc(OC)c(OC)c3)ccc21. The van der Waals surface area contributed by atoms with E-state index in [9.17, 15) is 14.4 Å². The fourth-order valence-corrected chi connectivity index (χ4v) is 3.26. The molecular formula is C23H25N3O6. The number of ether oxygens (including phenoxy) is 3. The van der Waals surface area contributed by atoms with Crippen molar-refractivity contribution in [2.24, 2.45) is 0 Å². The molecule has 0 radical (unpaired) electrons. The normalized spacial score (nSPS) is 11.7. The number of rotatable bonds is 7. The van der Waals surface area contributed by atoms with Gasteiger partial charge in [0.1, 0.15) is 5.69 Å². The van der Waals surface area contributed by atoms with Gasteiger partial charge in [-0.2, -0.15) is 0 Å². The molecule has 3 rings (SSSR count). The third-order valence-corrected chi connectivity index (χ3v) is 4.97. The summed E-state index contributed by atoms with van der Waals surface area (Å²) in [7, 11) is 3.01. The van der Waals surface area contributed by atoms with Gasteiger partial charge in [-0.25, -0.2) is 9.78 Å². The van der Waals surface area contributed by atoms with Gasteiger partial charge in [0.05, 0.1) is 30.8 Å². The van der Waals surface area contributed by atoms with Crippen LogP contribution < -0.4 is 20.3 Å². The molecule has 9 nitrogen and oxygen atoms in total. The van der Waals surface area contributed by atoms with Gasteiger partial charge in [0.2, 0.25) is 0 Å². The van der Waals surface area contributed by atoms with Crippen LogP contribution in [0.4, 0.5) is 5.69 Å². The molecule has 1 aromatic heterocycles. The van der Waals surface area contributed by atoms with Crippen molar-refractivity contribution in [3.63, 3.8) is 0 Å². The Balaban J connectivity index is 1.75. The monoisotopic (exact) mass is 439 g/mol. The predicted molar refractivity (Wildman–Crippen MR) is 119 cm³/mol. The van der Waals surface area contributed by atoms with E-state index in [0.29, 0.717) is 40.5 Å². The summed E-state index contributed by atoms with van der Waals surface area (Å²) in [6.07, 6.45) is -1.05. The first kappa shape index (κ1) is 22.8. The van der Waals surface area contributed by atoms with Crippen molar-refractivity contribution in [3.05, 3.63) is 58.0 Å². The van der Waals surface area contributed by atoms with Crippen molar-refractivity contribution in [3.8, 4) is 11.5 Å². The second-order valence-corrected chi connectivity index (χ2v) is 7.06. The highest BCUT2D eigenvalue weighted by atomic mass is 16.5. The van der Waals surface area contributed by atoms with Crippen molar-refractivity contribution < 1.29 is 23.8 Å². The minimum absolute atomic E-state index is 0.171.